The number of amides is 6. The lowest BCUT2D eigenvalue weighted by molar-refractivity contribution is -0.171. The minimum atomic E-state index is -3.96. The summed E-state index contributed by atoms with van der Waals surface area (Å²) in [5.74, 6) is -3.24. The average Bonchev–Trinajstić information content (AvgIpc) is 3.70. The maximum absolute atomic E-state index is 13.8. The number of sulfonamides is 1. The lowest BCUT2D eigenvalue weighted by Crippen LogP contribution is -2.85. The molecular formula is C24H24N12O9S3. The van der Waals surface area contributed by atoms with Gasteiger partial charge in [0.05, 0.1) is 19.3 Å². The molecule has 0 radical (unpaired) electrons. The van der Waals surface area contributed by atoms with Crippen LogP contribution in [0.1, 0.15) is 11.6 Å². The summed E-state index contributed by atoms with van der Waals surface area (Å²) < 4.78 is 25.5. The topological polar surface area (TPSA) is 275 Å². The van der Waals surface area contributed by atoms with Gasteiger partial charge in [-0.05, 0) is 34.2 Å². The highest BCUT2D eigenvalue weighted by atomic mass is 32.2. The van der Waals surface area contributed by atoms with Crippen LogP contribution in [0.2, 0.25) is 0 Å². The monoisotopic (exact) mass is 720 g/mol. The van der Waals surface area contributed by atoms with Crippen LogP contribution < -0.4 is 16.1 Å². The number of pyridine rings is 1. The molecule has 0 aliphatic carbocycles. The SMILES string of the molecule is CS(=O)(=O)N1CCN(C(=O)NC(C(=O)N[C@]2(NO)C(=O)N3C(C(=O)O)=C(CSc4ccc5nnnn5n4)CS[C@H]32)c2cccnc2)C1=O. The number of aliphatic carboxylic acids is 1. The zero-order valence-electron chi connectivity index (χ0n) is 24.4. The van der Waals surface area contributed by atoms with Crippen molar-refractivity contribution >= 4 is 69.0 Å². The molecule has 6 amide bonds. The van der Waals surface area contributed by atoms with Gasteiger partial charge in [-0.2, -0.15) is 5.48 Å². The van der Waals surface area contributed by atoms with Crippen LogP contribution in [-0.2, 0) is 24.4 Å². The van der Waals surface area contributed by atoms with Crippen LogP contribution in [0.5, 0.6) is 0 Å². The van der Waals surface area contributed by atoms with Gasteiger partial charge in [0.2, 0.25) is 21.6 Å². The Morgan fingerprint density at radius 1 is 1.21 bits per heavy atom. The minimum absolute atomic E-state index is 0.0895. The van der Waals surface area contributed by atoms with E-state index in [4.69, 9.17) is 0 Å². The summed E-state index contributed by atoms with van der Waals surface area (Å²) in [6.45, 7) is -0.582. The standard InChI is InChI=1S/C24H24N12O9S3/c1-48(44,45)34-8-7-33(23(34)42)22(41)26-16(12-3-2-6-25-9-12)18(37)27-24(30-43)20(40)35-17(19(38)39)13(11-47-21(24)35)10-46-15-5-4-14-28-31-32-36(14)29-15/h2-6,9,16,21,30,43H,7-8,10-11H2,1H3,(H,26,41)(H,27,37)(H,38,39)/t16?,21-,24-/m0/s1. The van der Waals surface area contributed by atoms with Crippen LogP contribution in [0.15, 0.2) is 53.0 Å². The van der Waals surface area contributed by atoms with Crippen LogP contribution in [0, 0.1) is 0 Å². The largest absolute Gasteiger partial charge is 0.477 e. The Morgan fingerprint density at radius 3 is 2.67 bits per heavy atom. The van der Waals surface area contributed by atoms with Gasteiger partial charge in [0.15, 0.2) is 5.65 Å². The highest BCUT2D eigenvalue weighted by molar-refractivity contribution is 8.01. The molecule has 5 N–H and O–H groups in total. The van der Waals surface area contributed by atoms with Crippen molar-refractivity contribution in [3.8, 4) is 0 Å². The van der Waals surface area contributed by atoms with Gasteiger partial charge in [-0.3, -0.25) is 19.5 Å². The van der Waals surface area contributed by atoms with Crippen LogP contribution in [0.4, 0.5) is 9.59 Å². The molecule has 3 aliphatic heterocycles. The van der Waals surface area contributed by atoms with Crippen molar-refractivity contribution in [2.24, 2.45) is 0 Å². The van der Waals surface area contributed by atoms with Gasteiger partial charge in [-0.25, -0.2) is 32.0 Å². The van der Waals surface area contributed by atoms with Crippen molar-refractivity contribution in [1.82, 2.24) is 60.5 Å². The number of aromatic nitrogens is 6. The van der Waals surface area contributed by atoms with E-state index in [0.29, 0.717) is 25.5 Å². The third-order valence-corrected chi connectivity index (χ3v) is 11.0. The minimum Gasteiger partial charge on any atom is -0.477 e. The first kappa shape index (κ1) is 33.0. The lowest BCUT2D eigenvalue weighted by atomic mass is 9.95. The molecule has 3 atom stereocenters. The van der Waals surface area contributed by atoms with Gasteiger partial charge in [0, 0.05) is 29.5 Å². The maximum atomic E-state index is 13.8. The summed E-state index contributed by atoms with van der Waals surface area (Å²) in [5.41, 5.74) is 0.175. The molecule has 252 valence electrons. The van der Waals surface area contributed by atoms with Crippen molar-refractivity contribution in [1.29, 1.82) is 0 Å². The molecule has 1 unspecified atom stereocenters. The first-order valence-electron chi connectivity index (χ1n) is 13.7. The van der Waals surface area contributed by atoms with E-state index in [2.05, 4.69) is 36.2 Å². The number of rotatable bonds is 10. The first-order valence-corrected chi connectivity index (χ1v) is 17.6. The quantitative estimate of drug-likeness (QED) is 0.0669. The summed E-state index contributed by atoms with van der Waals surface area (Å²) >= 11 is 2.25. The number of nitrogens with one attached hydrogen (secondary N) is 3. The maximum Gasteiger partial charge on any atom is 0.352 e. The molecule has 0 saturated carbocycles. The van der Waals surface area contributed by atoms with Crippen LogP contribution in [-0.4, -0.2) is 135 Å². The number of fused-ring (bicyclic) bond motifs is 2. The number of hydroxylamine groups is 1. The van der Waals surface area contributed by atoms with E-state index < -0.39 is 56.9 Å². The zero-order valence-corrected chi connectivity index (χ0v) is 26.9. The van der Waals surface area contributed by atoms with Crippen molar-refractivity contribution in [2.75, 3.05) is 30.9 Å². The average molecular weight is 721 g/mol. The van der Waals surface area contributed by atoms with E-state index in [9.17, 15) is 42.7 Å². The van der Waals surface area contributed by atoms with Crippen molar-refractivity contribution in [3.63, 3.8) is 0 Å². The predicted octanol–water partition coefficient (Wildman–Crippen LogP) is -1.80. The van der Waals surface area contributed by atoms with E-state index in [-0.39, 0.29) is 35.9 Å². The zero-order chi connectivity index (χ0) is 34.4. The number of carboxylic acid groups (broad SMARTS) is 1. The fraction of sp³-hybridized carbons (Fsp3) is 0.333. The fourth-order valence-corrected chi connectivity index (χ4v) is 8.37. The number of carbonyl (C=O) groups excluding carboxylic acids is 4. The van der Waals surface area contributed by atoms with Crippen molar-refractivity contribution in [2.45, 2.75) is 22.1 Å². The number of urea groups is 2. The molecule has 0 spiro atoms. The molecule has 3 aliphatic rings. The van der Waals surface area contributed by atoms with Gasteiger partial charge in [0.1, 0.15) is 22.1 Å². The smallest absolute Gasteiger partial charge is 0.352 e. The summed E-state index contributed by atoms with van der Waals surface area (Å²) in [6, 6.07) is 2.34. The third-order valence-electron chi connectivity index (χ3n) is 7.46. The molecule has 0 aromatic carbocycles. The fourth-order valence-electron chi connectivity index (χ4n) is 5.18. The lowest BCUT2D eigenvalue weighted by Gasteiger charge is -2.56. The molecule has 2 saturated heterocycles. The van der Waals surface area contributed by atoms with Crippen molar-refractivity contribution < 1.29 is 42.7 Å². The number of β-lactam (4-membered cyclic amide) rings is 1. The molecule has 0 bridgehead atoms. The van der Waals surface area contributed by atoms with Gasteiger partial charge in [-0.15, -0.1) is 38.4 Å². The Balaban J connectivity index is 1.21. The third kappa shape index (κ3) is 5.76. The second kappa shape index (κ2) is 12.6. The molecule has 2 fully saturated rings. The molecule has 6 heterocycles. The van der Waals surface area contributed by atoms with E-state index in [0.717, 1.165) is 22.9 Å². The van der Waals surface area contributed by atoms with Crippen molar-refractivity contribution in [3.05, 3.63) is 53.5 Å². The van der Waals surface area contributed by atoms with Gasteiger partial charge < -0.3 is 20.9 Å². The molecule has 21 nitrogen and oxygen atoms in total. The van der Waals surface area contributed by atoms with Gasteiger partial charge in [-0.1, -0.05) is 6.07 Å². The number of carboxylic acids is 1. The number of thioether (sulfide) groups is 2. The summed E-state index contributed by atoms with van der Waals surface area (Å²) in [4.78, 5) is 71.0. The van der Waals surface area contributed by atoms with Gasteiger partial charge >= 0.3 is 18.0 Å². The summed E-state index contributed by atoms with van der Waals surface area (Å²) in [5, 5.41) is 39.7. The number of tetrazole rings is 1. The highest BCUT2D eigenvalue weighted by Crippen LogP contribution is 2.46. The van der Waals surface area contributed by atoms with Crippen LogP contribution in [0.3, 0.4) is 0 Å². The Morgan fingerprint density at radius 2 is 2.00 bits per heavy atom. The molecular weight excluding hydrogens is 697 g/mol. The van der Waals surface area contributed by atoms with E-state index in [1.54, 1.807) is 12.1 Å². The molecule has 3 aromatic rings. The second-order valence-electron chi connectivity index (χ2n) is 10.4. The Hall–Kier alpha value is -4.91. The molecule has 6 rings (SSSR count). The summed E-state index contributed by atoms with van der Waals surface area (Å²) in [7, 11) is -3.96. The van der Waals surface area contributed by atoms with Crippen LogP contribution >= 0.6 is 23.5 Å². The van der Waals surface area contributed by atoms with Crippen LogP contribution in [0.25, 0.3) is 5.65 Å². The Bertz CT molecular complexity index is 1980. The first-order chi connectivity index (χ1) is 22.9. The number of carbonyl (C=O) groups is 5. The number of nitrogens with zero attached hydrogens (tertiary/aromatic N) is 9. The molecule has 24 heteroatoms. The molecule has 3 aromatic heterocycles. The number of hydrogen-bond acceptors (Lipinski definition) is 16. The van der Waals surface area contributed by atoms with Gasteiger partial charge in [0.25, 0.3) is 5.91 Å². The van der Waals surface area contributed by atoms with E-state index in [1.165, 1.54) is 40.9 Å². The Labute approximate surface area is 278 Å². The normalized spacial score (nSPS) is 21.6. The van der Waals surface area contributed by atoms with E-state index >= 15 is 0 Å². The van der Waals surface area contributed by atoms with E-state index in [1.807, 2.05) is 5.48 Å². The highest BCUT2D eigenvalue weighted by Gasteiger charge is 2.66. The number of hydrogen-bond donors (Lipinski definition) is 5. The Kier molecular flexibility index (Phi) is 8.67. The second-order valence-corrected chi connectivity index (χ2v) is 14.4. The number of imide groups is 1. The molecule has 48 heavy (non-hydrogen) atoms. The summed E-state index contributed by atoms with van der Waals surface area (Å²) in [6.07, 6.45) is 3.44. The predicted molar refractivity (Wildman–Crippen MR) is 162 cm³/mol.